The van der Waals surface area contributed by atoms with Crippen LogP contribution in [0.25, 0.3) is 0 Å². The molecule has 0 radical (unpaired) electrons. The lowest BCUT2D eigenvalue weighted by molar-refractivity contribution is 0.157. The second-order valence-electron chi connectivity index (χ2n) is 5.98. The van der Waals surface area contributed by atoms with Gasteiger partial charge in [0.1, 0.15) is 0 Å². The summed E-state index contributed by atoms with van der Waals surface area (Å²) in [5.41, 5.74) is 2.36. The van der Waals surface area contributed by atoms with Gasteiger partial charge in [-0.05, 0) is 37.6 Å². The van der Waals surface area contributed by atoms with Crippen LogP contribution in [0.15, 0.2) is 24.3 Å². The number of nitrogens with one attached hydrogen (secondary N) is 1. The molecule has 1 aromatic carbocycles. The van der Waals surface area contributed by atoms with Crippen LogP contribution in [0.5, 0.6) is 0 Å². The Morgan fingerprint density at radius 2 is 2.23 bits per heavy atom. The molecule has 1 aromatic rings. The Bertz CT molecular complexity index is 493. The summed E-state index contributed by atoms with van der Waals surface area (Å²) in [4.78, 5) is 16.2. The molecule has 0 saturated carbocycles. The zero-order chi connectivity index (χ0) is 15.9. The minimum absolute atomic E-state index is 0.0236. The summed E-state index contributed by atoms with van der Waals surface area (Å²) in [6.45, 7) is 5.37. The third-order valence-corrected chi connectivity index (χ3v) is 4.28. The van der Waals surface area contributed by atoms with Gasteiger partial charge in [-0.1, -0.05) is 31.2 Å². The monoisotopic (exact) mass is 305 g/mol. The van der Waals surface area contributed by atoms with Crippen molar-refractivity contribution >= 4 is 6.03 Å². The van der Waals surface area contributed by atoms with Crippen molar-refractivity contribution in [1.29, 1.82) is 0 Å². The van der Waals surface area contributed by atoms with Gasteiger partial charge in [0, 0.05) is 19.6 Å². The maximum atomic E-state index is 12.2. The van der Waals surface area contributed by atoms with Crippen molar-refractivity contribution in [2.45, 2.75) is 38.9 Å². The molecule has 1 saturated heterocycles. The average Bonchev–Trinajstić information content (AvgIpc) is 3.01. The Labute approximate surface area is 132 Å². The first-order valence-corrected chi connectivity index (χ1v) is 8.05. The molecule has 1 aliphatic rings. The van der Waals surface area contributed by atoms with Crippen LogP contribution in [0.1, 0.15) is 30.9 Å². The zero-order valence-corrected chi connectivity index (χ0v) is 13.6. The molecule has 1 unspecified atom stereocenters. The van der Waals surface area contributed by atoms with Gasteiger partial charge in [0.25, 0.3) is 0 Å². The van der Waals surface area contributed by atoms with Crippen LogP contribution in [0.2, 0.25) is 0 Å². The minimum Gasteiger partial charge on any atom is -0.394 e. The largest absolute Gasteiger partial charge is 0.394 e. The molecule has 2 amide bonds. The first kappa shape index (κ1) is 16.8. The van der Waals surface area contributed by atoms with Crippen molar-refractivity contribution in [1.82, 2.24) is 15.1 Å². The second-order valence-corrected chi connectivity index (χ2v) is 5.98. The quantitative estimate of drug-likeness (QED) is 0.843. The van der Waals surface area contributed by atoms with Crippen molar-refractivity contribution in [3.63, 3.8) is 0 Å². The Morgan fingerprint density at radius 1 is 1.45 bits per heavy atom. The molecule has 5 heteroatoms. The van der Waals surface area contributed by atoms with E-state index in [0.717, 1.165) is 38.0 Å². The third-order valence-electron chi connectivity index (χ3n) is 4.28. The molecule has 2 rings (SSSR count). The SMILES string of the molecule is CCN(C)Cc1cccc(CNC(=O)N2CCCC2CO)c1. The van der Waals surface area contributed by atoms with Gasteiger partial charge in [-0.3, -0.25) is 0 Å². The fraction of sp³-hybridized carbons (Fsp3) is 0.588. The molecular weight excluding hydrogens is 278 g/mol. The van der Waals surface area contributed by atoms with Crippen LogP contribution < -0.4 is 5.32 Å². The molecular formula is C17H27N3O2. The highest BCUT2D eigenvalue weighted by molar-refractivity contribution is 5.74. The maximum Gasteiger partial charge on any atom is 0.317 e. The Balaban J connectivity index is 1.88. The van der Waals surface area contributed by atoms with E-state index >= 15 is 0 Å². The van der Waals surface area contributed by atoms with Crippen molar-refractivity contribution < 1.29 is 9.90 Å². The van der Waals surface area contributed by atoms with Gasteiger partial charge in [-0.25, -0.2) is 4.79 Å². The van der Waals surface area contributed by atoms with Crippen LogP contribution in [-0.2, 0) is 13.1 Å². The molecule has 1 aliphatic heterocycles. The molecule has 22 heavy (non-hydrogen) atoms. The highest BCUT2D eigenvalue weighted by Gasteiger charge is 2.27. The molecule has 0 bridgehead atoms. The highest BCUT2D eigenvalue weighted by atomic mass is 16.3. The van der Waals surface area contributed by atoms with Crippen LogP contribution in [0.3, 0.4) is 0 Å². The predicted molar refractivity (Wildman–Crippen MR) is 87.5 cm³/mol. The molecule has 0 aliphatic carbocycles. The lowest BCUT2D eigenvalue weighted by Crippen LogP contribution is -2.43. The number of nitrogens with zero attached hydrogens (tertiary/aromatic N) is 2. The standard InChI is InChI=1S/C17H27N3O2/c1-3-19(2)12-15-7-4-6-14(10-15)11-18-17(22)20-9-5-8-16(20)13-21/h4,6-7,10,16,21H,3,5,8-9,11-13H2,1-2H3,(H,18,22). The van der Waals surface area contributed by atoms with Gasteiger partial charge < -0.3 is 20.2 Å². The number of amides is 2. The van der Waals surface area contributed by atoms with Crippen molar-refractivity contribution in [3.05, 3.63) is 35.4 Å². The number of benzene rings is 1. The smallest absolute Gasteiger partial charge is 0.317 e. The van der Waals surface area contributed by atoms with Gasteiger partial charge in [0.2, 0.25) is 0 Å². The fourth-order valence-electron chi connectivity index (χ4n) is 2.83. The van der Waals surface area contributed by atoms with Gasteiger partial charge in [-0.15, -0.1) is 0 Å². The van der Waals surface area contributed by atoms with Crippen molar-refractivity contribution in [2.75, 3.05) is 26.7 Å². The molecule has 1 heterocycles. The van der Waals surface area contributed by atoms with E-state index in [-0.39, 0.29) is 18.7 Å². The maximum absolute atomic E-state index is 12.2. The number of likely N-dealkylation sites (tertiary alicyclic amines) is 1. The Morgan fingerprint density at radius 3 is 2.95 bits per heavy atom. The number of aliphatic hydroxyl groups is 1. The number of hydrogen-bond donors (Lipinski definition) is 2. The Hall–Kier alpha value is -1.59. The topological polar surface area (TPSA) is 55.8 Å². The summed E-state index contributed by atoms with van der Waals surface area (Å²) >= 11 is 0. The summed E-state index contributed by atoms with van der Waals surface area (Å²) in [6.07, 6.45) is 1.86. The van der Waals surface area contributed by atoms with E-state index in [1.807, 2.05) is 12.1 Å². The lowest BCUT2D eigenvalue weighted by atomic mass is 10.1. The van der Waals surface area contributed by atoms with Gasteiger partial charge in [0.05, 0.1) is 12.6 Å². The van der Waals surface area contributed by atoms with Crippen LogP contribution in [-0.4, -0.2) is 53.7 Å². The number of carbonyl (C=O) groups excluding carboxylic acids is 1. The van der Waals surface area contributed by atoms with E-state index in [1.54, 1.807) is 4.90 Å². The number of carbonyl (C=O) groups is 1. The second kappa shape index (κ2) is 8.15. The fourth-order valence-corrected chi connectivity index (χ4v) is 2.83. The van der Waals surface area contributed by atoms with E-state index in [9.17, 15) is 9.90 Å². The first-order chi connectivity index (χ1) is 10.6. The molecule has 0 aromatic heterocycles. The minimum atomic E-state index is -0.0763. The van der Waals surface area contributed by atoms with Crippen LogP contribution in [0.4, 0.5) is 4.79 Å². The molecule has 122 valence electrons. The van der Waals surface area contributed by atoms with E-state index < -0.39 is 0 Å². The number of urea groups is 1. The third kappa shape index (κ3) is 4.45. The van der Waals surface area contributed by atoms with Crippen LogP contribution in [0, 0.1) is 0 Å². The van der Waals surface area contributed by atoms with Crippen LogP contribution >= 0.6 is 0 Å². The van der Waals surface area contributed by atoms with Crippen molar-refractivity contribution in [2.24, 2.45) is 0 Å². The molecule has 1 fully saturated rings. The zero-order valence-electron chi connectivity index (χ0n) is 13.6. The number of aliphatic hydroxyl groups excluding tert-OH is 1. The van der Waals surface area contributed by atoms with E-state index in [0.29, 0.717) is 6.54 Å². The number of rotatable bonds is 6. The molecule has 5 nitrogen and oxygen atoms in total. The number of hydrogen-bond acceptors (Lipinski definition) is 3. The highest BCUT2D eigenvalue weighted by Crippen LogP contribution is 2.16. The summed E-state index contributed by atoms with van der Waals surface area (Å²) in [5.74, 6) is 0. The summed E-state index contributed by atoms with van der Waals surface area (Å²) < 4.78 is 0. The van der Waals surface area contributed by atoms with E-state index in [2.05, 4.69) is 36.3 Å². The summed E-state index contributed by atoms with van der Waals surface area (Å²) in [7, 11) is 2.09. The lowest BCUT2D eigenvalue weighted by Gasteiger charge is -2.23. The molecule has 0 spiro atoms. The van der Waals surface area contributed by atoms with Gasteiger partial charge in [0.15, 0.2) is 0 Å². The first-order valence-electron chi connectivity index (χ1n) is 8.05. The molecule has 1 atom stereocenters. The molecule has 2 N–H and O–H groups in total. The van der Waals surface area contributed by atoms with E-state index in [4.69, 9.17) is 0 Å². The predicted octanol–water partition coefficient (Wildman–Crippen LogP) is 1.80. The van der Waals surface area contributed by atoms with Gasteiger partial charge >= 0.3 is 6.03 Å². The average molecular weight is 305 g/mol. The summed E-state index contributed by atoms with van der Waals surface area (Å²) in [6, 6.07) is 8.22. The van der Waals surface area contributed by atoms with Crippen molar-refractivity contribution in [3.8, 4) is 0 Å². The normalized spacial score (nSPS) is 18.0. The Kier molecular flexibility index (Phi) is 6.21. The van der Waals surface area contributed by atoms with E-state index in [1.165, 1.54) is 5.56 Å². The van der Waals surface area contributed by atoms with Gasteiger partial charge in [-0.2, -0.15) is 0 Å². The summed E-state index contributed by atoms with van der Waals surface area (Å²) in [5, 5.41) is 12.2.